The van der Waals surface area contributed by atoms with Gasteiger partial charge in [-0.05, 0) is 52.1 Å². The highest BCUT2D eigenvalue weighted by Crippen LogP contribution is 2.32. The summed E-state index contributed by atoms with van der Waals surface area (Å²) in [4.78, 5) is 2.65. The summed E-state index contributed by atoms with van der Waals surface area (Å²) < 4.78 is 0. The van der Waals surface area contributed by atoms with Gasteiger partial charge in [0, 0.05) is 18.6 Å². The van der Waals surface area contributed by atoms with Gasteiger partial charge in [-0.25, -0.2) is 0 Å². The normalized spacial score (nSPS) is 36.2. The Bertz CT molecular complexity index is 169. The third-order valence-electron chi connectivity index (χ3n) is 3.62. The molecule has 2 saturated heterocycles. The fraction of sp³-hybridized carbons (Fsp3) is 1.00. The number of hydrogen-bond donors (Lipinski definition) is 1. The van der Waals surface area contributed by atoms with Crippen LogP contribution >= 0.6 is 0 Å². The molecule has 0 bridgehead atoms. The summed E-state index contributed by atoms with van der Waals surface area (Å²) in [5.74, 6) is 1.90. The van der Waals surface area contributed by atoms with Gasteiger partial charge in [-0.15, -0.1) is 0 Å². The van der Waals surface area contributed by atoms with E-state index < -0.39 is 0 Å². The monoisotopic (exact) mass is 182 g/mol. The fourth-order valence-corrected chi connectivity index (χ4v) is 2.62. The van der Waals surface area contributed by atoms with Crippen molar-refractivity contribution in [2.75, 3.05) is 26.2 Å². The number of likely N-dealkylation sites (tertiary alicyclic amines) is 1. The van der Waals surface area contributed by atoms with E-state index in [-0.39, 0.29) is 0 Å². The van der Waals surface area contributed by atoms with Crippen LogP contribution in [0.2, 0.25) is 0 Å². The van der Waals surface area contributed by atoms with Crippen LogP contribution in [0.1, 0.15) is 27.2 Å². The van der Waals surface area contributed by atoms with E-state index in [1.54, 1.807) is 0 Å². The molecule has 0 amide bonds. The molecule has 13 heavy (non-hydrogen) atoms. The minimum absolute atomic E-state index is 0.372. The zero-order chi connectivity index (χ0) is 9.47. The number of fused-ring (bicyclic) bond motifs is 1. The molecule has 2 nitrogen and oxygen atoms in total. The standard InChI is InChI=1S/C11H22N2/c1-11(2,3)13-7-9-4-5-12-6-10(9)8-13/h9-10,12H,4-8H2,1-3H3. The molecule has 0 saturated carbocycles. The molecule has 0 aromatic heterocycles. The quantitative estimate of drug-likeness (QED) is 0.608. The number of piperidine rings is 1. The first kappa shape index (κ1) is 9.47. The second kappa shape index (κ2) is 3.25. The van der Waals surface area contributed by atoms with Crippen LogP contribution in [0.15, 0.2) is 0 Å². The third kappa shape index (κ3) is 1.89. The van der Waals surface area contributed by atoms with Gasteiger partial charge in [0.25, 0.3) is 0 Å². The minimum atomic E-state index is 0.372. The van der Waals surface area contributed by atoms with Gasteiger partial charge in [0.05, 0.1) is 0 Å². The van der Waals surface area contributed by atoms with Crippen molar-refractivity contribution in [2.45, 2.75) is 32.7 Å². The Kier molecular flexibility index (Phi) is 2.37. The Morgan fingerprint density at radius 2 is 1.85 bits per heavy atom. The first-order chi connectivity index (χ1) is 6.07. The van der Waals surface area contributed by atoms with Crippen molar-refractivity contribution in [2.24, 2.45) is 11.8 Å². The van der Waals surface area contributed by atoms with Crippen LogP contribution < -0.4 is 5.32 Å². The first-order valence-electron chi connectivity index (χ1n) is 5.53. The Labute approximate surface area is 81.7 Å². The molecule has 0 spiro atoms. The van der Waals surface area contributed by atoms with Crippen molar-refractivity contribution in [3.63, 3.8) is 0 Å². The second-order valence-electron chi connectivity index (χ2n) is 5.59. The van der Waals surface area contributed by atoms with Crippen molar-refractivity contribution >= 4 is 0 Å². The lowest BCUT2D eigenvalue weighted by molar-refractivity contribution is 0.165. The van der Waals surface area contributed by atoms with E-state index in [9.17, 15) is 0 Å². The lowest BCUT2D eigenvalue weighted by atomic mass is 9.90. The lowest BCUT2D eigenvalue weighted by Gasteiger charge is -2.31. The predicted octanol–water partition coefficient (Wildman–Crippen LogP) is 1.33. The highest BCUT2D eigenvalue weighted by molar-refractivity contribution is 4.92. The van der Waals surface area contributed by atoms with E-state index in [4.69, 9.17) is 0 Å². The summed E-state index contributed by atoms with van der Waals surface area (Å²) >= 11 is 0. The van der Waals surface area contributed by atoms with Crippen LogP contribution in [-0.2, 0) is 0 Å². The molecule has 2 fully saturated rings. The van der Waals surface area contributed by atoms with Gasteiger partial charge in [0.2, 0.25) is 0 Å². The molecule has 2 aliphatic rings. The van der Waals surface area contributed by atoms with E-state index in [1.165, 1.54) is 32.6 Å². The number of rotatable bonds is 0. The van der Waals surface area contributed by atoms with E-state index in [1.807, 2.05) is 0 Å². The molecule has 2 heterocycles. The van der Waals surface area contributed by atoms with Crippen LogP contribution in [0.3, 0.4) is 0 Å². The smallest absolute Gasteiger partial charge is 0.0125 e. The van der Waals surface area contributed by atoms with E-state index in [0.717, 1.165) is 11.8 Å². The predicted molar refractivity (Wildman–Crippen MR) is 55.8 cm³/mol. The van der Waals surface area contributed by atoms with Crippen LogP contribution in [0.25, 0.3) is 0 Å². The number of nitrogens with zero attached hydrogens (tertiary/aromatic N) is 1. The maximum Gasteiger partial charge on any atom is 0.0125 e. The van der Waals surface area contributed by atoms with Crippen molar-refractivity contribution in [3.05, 3.63) is 0 Å². The van der Waals surface area contributed by atoms with Crippen molar-refractivity contribution in [1.29, 1.82) is 0 Å². The van der Waals surface area contributed by atoms with Gasteiger partial charge < -0.3 is 5.32 Å². The minimum Gasteiger partial charge on any atom is -0.316 e. The van der Waals surface area contributed by atoms with Gasteiger partial charge in [-0.1, -0.05) is 0 Å². The molecule has 0 aromatic carbocycles. The van der Waals surface area contributed by atoms with Gasteiger partial charge >= 0.3 is 0 Å². The van der Waals surface area contributed by atoms with Crippen LogP contribution in [-0.4, -0.2) is 36.6 Å². The maximum absolute atomic E-state index is 3.50. The van der Waals surface area contributed by atoms with E-state index in [2.05, 4.69) is 31.0 Å². The highest BCUT2D eigenvalue weighted by Gasteiger charge is 2.38. The molecule has 0 aromatic rings. The summed E-state index contributed by atoms with van der Waals surface area (Å²) in [5, 5.41) is 3.50. The van der Waals surface area contributed by atoms with E-state index in [0.29, 0.717) is 5.54 Å². The molecule has 0 aliphatic carbocycles. The molecule has 2 rings (SSSR count). The molecule has 1 N–H and O–H groups in total. The number of nitrogens with one attached hydrogen (secondary N) is 1. The molecule has 2 aliphatic heterocycles. The summed E-state index contributed by atoms with van der Waals surface area (Å²) in [7, 11) is 0. The largest absolute Gasteiger partial charge is 0.316 e. The molecular formula is C11H22N2. The van der Waals surface area contributed by atoms with Crippen LogP contribution in [0.5, 0.6) is 0 Å². The van der Waals surface area contributed by atoms with Crippen molar-refractivity contribution in [1.82, 2.24) is 10.2 Å². The summed E-state index contributed by atoms with van der Waals surface area (Å²) in [6.45, 7) is 12.1. The van der Waals surface area contributed by atoms with Crippen LogP contribution in [0.4, 0.5) is 0 Å². The molecule has 2 heteroatoms. The zero-order valence-corrected chi connectivity index (χ0v) is 9.14. The van der Waals surface area contributed by atoms with Crippen molar-refractivity contribution in [3.8, 4) is 0 Å². The molecule has 2 unspecified atom stereocenters. The van der Waals surface area contributed by atoms with Crippen molar-refractivity contribution < 1.29 is 0 Å². The summed E-state index contributed by atoms with van der Waals surface area (Å²) in [6, 6.07) is 0. The van der Waals surface area contributed by atoms with Gasteiger partial charge in [-0.2, -0.15) is 0 Å². The van der Waals surface area contributed by atoms with E-state index >= 15 is 0 Å². The summed E-state index contributed by atoms with van der Waals surface area (Å²) in [6.07, 6.45) is 1.39. The fourth-order valence-electron chi connectivity index (χ4n) is 2.62. The second-order valence-corrected chi connectivity index (χ2v) is 5.59. The maximum atomic E-state index is 3.50. The number of hydrogen-bond acceptors (Lipinski definition) is 2. The lowest BCUT2D eigenvalue weighted by Crippen LogP contribution is -2.40. The average molecular weight is 182 g/mol. The molecule has 2 atom stereocenters. The molecule has 0 radical (unpaired) electrons. The van der Waals surface area contributed by atoms with Crippen LogP contribution in [0, 0.1) is 11.8 Å². The Hall–Kier alpha value is -0.0800. The average Bonchev–Trinajstić information content (AvgIpc) is 2.45. The molecule has 76 valence electrons. The van der Waals surface area contributed by atoms with Gasteiger partial charge in [0.1, 0.15) is 0 Å². The summed E-state index contributed by atoms with van der Waals surface area (Å²) in [5.41, 5.74) is 0.372. The zero-order valence-electron chi connectivity index (χ0n) is 9.14. The SMILES string of the molecule is CC(C)(C)N1CC2CCNCC2C1. The highest BCUT2D eigenvalue weighted by atomic mass is 15.2. The Morgan fingerprint density at radius 1 is 1.15 bits per heavy atom. The van der Waals surface area contributed by atoms with Gasteiger partial charge in [0.15, 0.2) is 0 Å². The Morgan fingerprint density at radius 3 is 2.46 bits per heavy atom. The third-order valence-corrected chi connectivity index (χ3v) is 3.62. The first-order valence-corrected chi connectivity index (χ1v) is 5.53. The molecular weight excluding hydrogens is 160 g/mol. The topological polar surface area (TPSA) is 15.3 Å². The van der Waals surface area contributed by atoms with Gasteiger partial charge in [-0.3, -0.25) is 4.90 Å². The Balaban J connectivity index is 1.99.